The second-order valence-corrected chi connectivity index (χ2v) is 10.4. The molecule has 0 bridgehead atoms. The Morgan fingerprint density at radius 3 is 2.49 bits per heavy atom. The number of aliphatic hydroxyl groups is 1. The van der Waals surface area contributed by atoms with Crippen molar-refractivity contribution in [2.75, 3.05) is 6.54 Å². The number of hydrogen-bond acceptors (Lipinski definition) is 7. The van der Waals surface area contributed by atoms with Gasteiger partial charge in [-0.05, 0) is 37.3 Å². The van der Waals surface area contributed by atoms with E-state index in [-0.39, 0.29) is 59.9 Å². The van der Waals surface area contributed by atoms with Crippen LogP contribution in [0.5, 0.6) is 0 Å². The minimum absolute atomic E-state index is 0. The zero-order valence-corrected chi connectivity index (χ0v) is 22.7. The van der Waals surface area contributed by atoms with E-state index < -0.39 is 45.4 Å². The van der Waals surface area contributed by atoms with Crippen LogP contribution in [0.1, 0.15) is 43.6 Å². The number of benzene rings is 1. The number of amides is 3. The zero-order valence-electron chi connectivity index (χ0n) is 19.9. The quantitative estimate of drug-likeness (QED) is 0.167. The third kappa shape index (κ3) is 7.76. The molecule has 0 radical (unpaired) electrons. The molecule has 2 heterocycles. The Kier molecular flexibility index (Phi) is 10.3. The van der Waals surface area contributed by atoms with Gasteiger partial charge < -0.3 is 30.6 Å². The van der Waals surface area contributed by atoms with E-state index in [9.17, 15) is 32.5 Å². The number of para-hydroxylation sites is 1. The second-order valence-electron chi connectivity index (χ2n) is 8.94. The minimum Gasteiger partial charge on any atom is -0.746 e. The van der Waals surface area contributed by atoms with E-state index in [1.165, 1.54) is 0 Å². The molecule has 0 saturated carbocycles. The zero-order chi connectivity index (χ0) is 25.0. The molecule has 11 nitrogen and oxygen atoms in total. The first-order chi connectivity index (χ1) is 16.0. The van der Waals surface area contributed by atoms with Crippen LogP contribution in [-0.2, 0) is 19.7 Å². The van der Waals surface area contributed by atoms with Crippen LogP contribution >= 0.6 is 0 Å². The fraction of sp³-hybridized carbons (Fsp3) is 0.500. The summed E-state index contributed by atoms with van der Waals surface area (Å²) in [6.07, 6.45) is 0.364. The van der Waals surface area contributed by atoms with E-state index in [2.05, 4.69) is 20.9 Å². The number of carbonyl (C=O) groups excluding carboxylic acids is 3. The number of nitrogens with one attached hydrogen (secondary N) is 4. The van der Waals surface area contributed by atoms with Gasteiger partial charge in [-0.25, -0.2) is 8.42 Å². The van der Waals surface area contributed by atoms with Gasteiger partial charge in [0.05, 0.1) is 6.04 Å². The Hall–Kier alpha value is -1.96. The number of carbonyl (C=O) groups is 3. The molecule has 13 heteroatoms. The van der Waals surface area contributed by atoms with Crippen LogP contribution in [0.4, 0.5) is 0 Å². The van der Waals surface area contributed by atoms with Crippen LogP contribution in [0.25, 0.3) is 10.9 Å². The SMILES string of the molecule is CC(C)C[C@@H](NC(=O)c1cc2ccccc2[nH]1)C(=O)N[C@@H](C[C@@H]1CCNC1=O)C(O)S(=O)(=O)[O-].[Na+]. The number of hydrogen-bond donors (Lipinski definition) is 5. The molecule has 3 amide bonds. The molecule has 186 valence electrons. The van der Waals surface area contributed by atoms with E-state index in [4.69, 9.17) is 0 Å². The van der Waals surface area contributed by atoms with Gasteiger partial charge in [0.1, 0.15) is 21.9 Å². The number of aromatic amines is 1. The summed E-state index contributed by atoms with van der Waals surface area (Å²) in [5.41, 5.74) is -1.45. The fourth-order valence-corrected chi connectivity index (χ4v) is 4.62. The van der Waals surface area contributed by atoms with Gasteiger partial charge in [0.15, 0.2) is 5.44 Å². The molecule has 3 rings (SSSR count). The second kappa shape index (κ2) is 12.3. The summed E-state index contributed by atoms with van der Waals surface area (Å²) in [5, 5.41) is 18.5. The molecule has 1 aromatic carbocycles. The van der Waals surface area contributed by atoms with Gasteiger partial charge in [-0.15, -0.1) is 0 Å². The molecular weight excluding hydrogens is 487 g/mol. The van der Waals surface area contributed by atoms with Gasteiger partial charge >= 0.3 is 29.6 Å². The molecule has 1 aliphatic rings. The van der Waals surface area contributed by atoms with Gasteiger partial charge in [0.2, 0.25) is 11.8 Å². The van der Waals surface area contributed by atoms with Gasteiger partial charge in [0.25, 0.3) is 5.91 Å². The number of aromatic nitrogens is 1. The maximum atomic E-state index is 13.1. The maximum Gasteiger partial charge on any atom is 1.00 e. The summed E-state index contributed by atoms with van der Waals surface area (Å²) in [4.78, 5) is 40.8. The summed E-state index contributed by atoms with van der Waals surface area (Å²) in [5.74, 6) is -2.33. The van der Waals surface area contributed by atoms with Crippen LogP contribution in [0.2, 0.25) is 0 Å². The van der Waals surface area contributed by atoms with E-state index >= 15 is 0 Å². The molecule has 4 atom stereocenters. The van der Waals surface area contributed by atoms with Gasteiger partial charge in [-0.3, -0.25) is 14.4 Å². The maximum absolute atomic E-state index is 13.1. The van der Waals surface area contributed by atoms with Crippen LogP contribution in [0, 0.1) is 11.8 Å². The van der Waals surface area contributed by atoms with Crippen molar-refractivity contribution < 1.29 is 62.0 Å². The number of H-pyrrole nitrogens is 1. The first-order valence-corrected chi connectivity index (χ1v) is 12.5. The van der Waals surface area contributed by atoms with Crippen LogP contribution < -0.4 is 45.5 Å². The molecule has 35 heavy (non-hydrogen) atoms. The number of fused-ring (bicyclic) bond motifs is 1. The van der Waals surface area contributed by atoms with Crippen molar-refractivity contribution in [3.63, 3.8) is 0 Å². The molecule has 0 aliphatic carbocycles. The van der Waals surface area contributed by atoms with E-state index in [1.807, 2.05) is 32.0 Å². The molecule has 1 fully saturated rings. The normalized spacial score (nSPS) is 18.4. The molecule has 2 aromatic rings. The van der Waals surface area contributed by atoms with Crippen molar-refractivity contribution in [3.8, 4) is 0 Å². The predicted molar refractivity (Wildman–Crippen MR) is 122 cm³/mol. The van der Waals surface area contributed by atoms with Gasteiger partial charge in [0, 0.05) is 23.4 Å². The van der Waals surface area contributed by atoms with Crippen molar-refractivity contribution in [3.05, 3.63) is 36.0 Å². The smallest absolute Gasteiger partial charge is 0.746 e. The van der Waals surface area contributed by atoms with E-state index in [1.54, 1.807) is 12.1 Å². The first-order valence-electron chi connectivity index (χ1n) is 11.0. The third-order valence-corrected chi connectivity index (χ3v) is 6.69. The van der Waals surface area contributed by atoms with Crippen LogP contribution in [0.15, 0.2) is 30.3 Å². The Morgan fingerprint density at radius 2 is 1.91 bits per heavy atom. The van der Waals surface area contributed by atoms with Crippen molar-refractivity contribution in [1.82, 2.24) is 20.9 Å². The number of rotatable bonds is 10. The van der Waals surface area contributed by atoms with Gasteiger partial charge in [-0.1, -0.05) is 32.0 Å². The van der Waals surface area contributed by atoms with Crippen molar-refractivity contribution in [2.24, 2.45) is 11.8 Å². The predicted octanol–water partition coefficient (Wildman–Crippen LogP) is -2.81. The Bertz CT molecular complexity index is 1130. The largest absolute Gasteiger partial charge is 1.00 e. The minimum atomic E-state index is -5.17. The Labute approximate surface area is 225 Å². The molecule has 1 saturated heterocycles. The van der Waals surface area contributed by atoms with Crippen molar-refractivity contribution in [1.29, 1.82) is 0 Å². The number of aliphatic hydroxyl groups excluding tert-OH is 1. The molecule has 1 unspecified atom stereocenters. The average molecular weight is 517 g/mol. The van der Waals surface area contributed by atoms with E-state index in [0.717, 1.165) is 10.9 Å². The monoisotopic (exact) mass is 516 g/mol. The molecule has 0 spiro atoms. The standard InChI is InChI=1S/C22H30N4O7S.Na/c1-12(2)9-16(25-21(29)17-10-13-5-3-4-6-15(13)24-17)20(28)26-18(22(30)34(31,32)33)11-14-7-8-23-19(14)27;/h3-6,10,12,14,16,18,22,24,30H,7-9,11H2,1-2H3,(H,23,27)(H,25,29)(H,26,28)(H,31,32,33);/q;+1/p-1/t14-,16+,18-,22?;/m0./s1. The molecular formula is C22H29N4NaO7S. The van der Waals surface area contributed by atoms with Crippen LogP contribution in [0.3, 0.4) is 0 Å². The van der Waals surface area contributed by atoms with Gasteiger partial charge in [-0.2, -0.15) is 0 Å². The van der Waals surface area contributed by atoms with E-state index in [0.29, 0.717) is 13.0 Å². The Morgan fingerprint density at radius 1 is 1.23 bits per heavy atom. The Balaban J connectivity index is 0.00000432. The summed E-state index contributed by atoms with van der Waals surface area (Å²) < 4.78 is 34.4. The first kappa shape index (κ1) is 29.3. The topological polar surface area (TPSA) is 181 Å². The summed E-state index contributed by atoms with van der Waals surface area (Å²) in [7, 11) is -5.17. The van der Waals surface area contributed by atoms with Crippen molar-refractivity contribution in [2.45, 2.75) is 50.6 Å². The van der Waals surface area contributed by atoms with Crippen molar-refractivity contribution >= 4 is 38.7 Å². The summed E-state index contributed by atoms with van der Waals surface area (Å²) in [6, 6.07) is 6.34. The molecule has 1 aliphatic heterocycles. The third-order valence-electron chi connectivity index (χ3n) is 5.77. The van der Waals surface area contributed by atoms with Crippen LogP contribution in [-0.4, -0.2) is 64.8 Å². The molecule has 5 N–H and O–H groups in total. The fourth-order valence-electron chi connectivity index (χ4n) is 4.04. The average Bonchev–Trinajstić information content (AvgIpc) is 3.37. The molecule has 1 aromatic heterocycles. The summed E-state index contributed by atoms with van der Waals surface area (Å²) in [6.45, 7) is 4.06. The summed E-state index contributed by atoms with van der Waals surface area (Å²) >= 11 is 0.